The van der Waals surface area contributed by atoms with Gasteiger partial charge in [0.1, 0.15) is 22.6 Å². The van der Waals surface area contributed by atoms with Gasteiger partial charge in [0.15, 0.2) is 5.16 Å². The number of H-pyrrole nitrogens is 2. The number of ether oxygens (including phenoxy) is 2. The van der Waals surface area contributed by atoms with Gasteiger partial charge in [-0.1, -0.05) is 11.8 Å². The Bertz CT molecular complexity index is 1430. The zero-order valence-corrected chi connectivity index (χ0v) is 22.9. The van der Waals surface area contributed by atoms with Gasteiger partial charge in [-0.3, -0.25) is 14.6 Å². The minimum absolute atomic E-state index is 0.0651. The van der Waals surface area contributed by atoms with Gasteiger partial charge >= 0.3 is 11.9 Å². The molecule has 4 heterocycles. The van der Waals surface area contributed by atoms with Crippen LogP contribution in [0.25, 0.3) is 0 Å². The maximum atomic E-state index is 11.7. The predicted molar refractivity (Wildman–Crippen MR) is 146 cm³/mol. The smallest absolute Gasteiger partial charge is 0.345 e. The minimum atomic E-state index is -0.686. The lowest BCUT2D eigenvalue weighted by Gasteiger charge is -2.04. The lowest BCUT2D eigenvalue weighted by atomic mass is 10.3. The molecule has 4 aromatic heterocycles. The van der Waals surface area contributed by atoms with Crippen LogP contribution in [0.2, 0.25) is 0 Å². The third-order valence-corrected chi connectivity index (χ3v) is 5.14. The number of hydrogen-bond acceptors (Lipinski definition) is 13. The van der Waals surface area contributed by atoms with Gasteiger partial charge in [0, 0.05) is 6.20 Å². The number of aromatic nitrogens is 4. The van der Waals surface area contributed by atoms with Crippen LogP contribution in [0.1, 0.15) is 46.1 Å². The normalized spacial score (nSPS) is 9.90. The van der Waals surface area contributed by atoms with Crippen molar-refractivity contribution in [3.8, 4) is 0 Å². The molecule has 40 heavy (non-hydrogen) atoms. The van der Waals surface area contributed by atoms with Crippen LogP contribution in [0, 0.1) is 0 Å². The highest BCUT2D eigenvalue weighted by molar-refractivity contribution is 7.98. The maximum Gasteiger partial charge on any atom is 0.345 e. The summed E-state index contributed by atoms with van der Waals surface area (Å²) in [6, 6.07) is 7.22. The quantitative estimate of drug-likeness (QED) is 0.129. The Morgan fingerprint density at radius 1 is 0.925 bits per heavy atom. The van der Waals surface area contributed by atoms with E-state index in [9.17, 15) is 19.2 Å². The summed E-state index contributed by atoms with van der Waals surface area (Å²) in [7, 11) is 0. The molecule has 0 unspecified atom stereocenters. The summed E-state index contributed by atoms with van der Waals surface area (Å²) in [5.74, 6) is 0.467. The van der Waals surface area contributed by atoms with E-state index >= 15 is 0 Å². The second-order valence-corrected chi connectivity index (χ2v) is 8.06. The molecule has 0 radical (unpaired) electrons. The number of carbonyl (C=O) groups excluding carboxylic acids is 2. The average molecular weight is 575 g/mol. The van der Waals surface area contributed by atoms with E-state index in [0.29, 0.717) is 24.0 Å². The van der Waals surface area contributed by atoms with E-state index < -0.39 is 23.1 Å². The summed E-state index contributed by atoms with van der Waals surface area (Å²) in [4.78, 5) is 58.3. The molecule has 0 atom stereocenters. The Morgan fingerprint density at radius 2 is 1.48 bits per heavy atom. The van der Waals surface area contributed by atoms with Gasteiger partial charge in [-0.25, -0.2) is 19.6 Å². The van der Waals surface area contributed by atoms with Crippen molar-refractivity contribution in [2.75, 3.05) is 24.8 Å². The molecule has 5 N–H and O–H groups in total. The molecule has 0 bridgehead atoms. The van der Waals surface area contributed by atoms with Crippen molar-refractivity contribution < 1.29 is 27.9 Å². The number of aromatic amines is 2. The Labute approximate surface area is 232 Å². The third-order valence-electron chi connectivity index (χ3n) is 4.55. The van der Waals surface area contributed by atoms with Gasteiger partial charge in [0.25, 0.3) is 11.1 Å². The van der Waals surface area contributed by atoms with Crippen LogP contribution in [-0.4, -0.2) is 51.3 Å². The molecule has 0 amide bonds. The van der Waals surface area contributed by atoms with Crippen LogP contribution in [0.5, 0.6) is 0 Å². The molecule has 14 nitrogen and oxygen atoms in total. The highest BCUT2D eigenvalue weighted by Gasteiger charge is 2.13. The van der Waals surface area contributed by atoms with E-state index in [4.69, 9.17) is 19.3 Å². The van der Waals surface area contributed by atoms with Crippen LogP contribution in [0.3, 0.4) is 0 Å². The Hall–Kier alpha value is -4.63. The fraction of sp³-hybridized carbons (Fsp3) is 0.280. The summed E-state index contributed by atoms with van der Waals surface area (Å²) < 4.78 is 19.4. The predicted octanol–water partition coefficient (Wildman–Crippen LogP) is 2.56. The summed E-state index contributed by atoms with van der Waals surface area (Å²) in [5.41, 5.74) is 4.00. The van der Waals surface area contributed by atoms with Crippen LogP contribution < -0.4 is 22.2 Å². The van der Waals surface area contributed by atoms with E-state index in [-0.39, 0.29) is 30.3 Å². The molecular weight excluding hydrogens is 544 g/mol. The fourth-order valence-electron chi connectivity index (χ4n) is 2.69. The molecule has 4 rings (SSSR count). The lowest BCUT2D eigenvalue weighted by molar-refractivity contribution is 0.0514. The number of nitrogens with two attached hydrogens (primary N) is 1. The van der Waals surface area contributed by atoms with Crippen LogP contribution in [-0.2, 0) is 22.6 Å². The fourth-order valence-corrected chi connectivity index (χ4v) is 3.04. The van der Waals surface area contributed by atoms with Gasteiger partial charge in [-0.15, -0.1) is 0 Å². The molecule has 4 aromatic rings. The zero-order chi connectivity index (χ0) is 29.3. The van der Waals surface area contributed by atoms with Crippen molar-refractivity contribution in [2.24, 2.45) is 5.73 Å². The largest absolute Gasteiger partial charge is 0.468 e. The standard InChI is InChI=1S/C12H13N3O4.C8H10N2O3S.C5H7NO/c1-2-18-11(17)9-7-14-12(15-10(9)16)13-6-8-4-3-5-19-8;1-3-13-7(12)5-4-9-8(14-2)10-6(5)11;6-4-5-2-1-3-7-5/h3-5,7H,2,6H2,1H3,(H2,13,14,15,16);4H,3H2,1-2H3,(H,9,10,11);1-3H,4,6H2. The minimum Gasteiger partial charge on any atom is -0.468 e. The molecule has 0 aliphatic carbocycles. The molecule has 0 fully saturated rings. The first-order valence-electron chi connectivity index (χ1n) is 11.9. The summed E-state index contributed by atoms with van der Waals surface area (Å²) in [6.45, 7) is 4.66. The maximum absolute atomic E-state index is 11.7. The first-order chi connectivity index (χ1) is 19.3. The van der Waals surface area contributed by atoms with E-state index in [1.807, 2.05) is 12.1 Å². The molecule has 0 aliphatic heterocycles. The monoisotopic (exact) mass is 574 g/mol. The summed E-state index contributed by atoms with van der Waals surface area (Å²) >= 11 is 1.30. The van der Waals surface area contributed by atoms with Crippen molar-refractivity contribution in [2.45, 2.75) is 32.1 Å². The number of hydrogen-bond donors (Lipinski definition) is 4. The average Bonchev–Trinajstić information content (AvgIpc) is 3.67. The van der Waals surface area contributed by atoms with E-state index in [1.165, 1.54) is 24.2 Å². The van der Waals surface area contributed by atoms with Crippen molar-refractivity contribution in [3.63, 3.8) is 0 Å². The summed E-state index contributed by atoms with van der Waals surface area (Å²) in [6.07, 6.45) is 7.35. The number of anilines is 1. The number of thioether (sulfide) groups is 1. The van der Waals surface area contributed by atoms with Crippen molar-refractivity contribution in [1.82, 2.24) is 19.9 Å². The number of furan rings is 2. The Morgan fingerprint density at radius 3 is 1.90 bits per heavy atom. The second-order valence-electron chi connectivity index (χ2n) is 7.27. The van der Waals surface area contributed by atoms with Gasteiger partial charge in [0.2, 0.25) is 5.95 Å². The van der Waals surface area contributed by atoms with Gasteiger partial charge in [-0.2, -0.15) is 0 Å². The SMILES string of the molecule is CCOC(=O)c1cnc(NCc2ccco2)[nH]c1=O.CCOC(=O)c1cnc(SC)[nH]c1=O.NCc1ccco1. The van der Waals surface area contributed by atoms with Crippen molar-refractivity contribution in [3.05, 3.63) is 92.5 Å². The molecule has 0 aromatic carbocycles. The molecule has 15 heteroatoms. The van der Waals surface area contributed by atoms with Crippen molar-refractivity contribution >= 4 is 29.6 Å². The molecule has 0 aliphatic rings. The number of esters is 2. The molecule has 0 saturated carbocycles. The van der Waals surface area contributed by atoms with Crippen molar-refractivity contribution in [1.29, 1.82) is 0 Å². The number of rotatable bonds is 9. The molecule has 214 valence electrons. The summed E-state index contributed by atoms with van der Waals surface area (Å²) in [5, 5.41) is 3.35. The highest BCUT2D eigenvalue weighted by atomic mass is 32.2. The topological polar surface area (TPSA) is 208 Å². The van der Waals surface area contributed by atoms with Crippen LogP contribution in [0.15, 0.2) is 72.8 Å². The van der Waals surface area contributed by atoms with Crippen LogP contribution in [0.4, 0.5) is 5.95 Å². The Kier molecular flexibility index (Phi) is 13.5. The molecular formula is C25H30N6O8S. The Balaban J connectivity index is 0.000000233. The zero-order valence-electron chi connectivity index (χ0n) is 22.1. The second kappa shape index (κ2) is 17.1. The first-order valence-corrected chi connectivity index (χ1v) is 13.1. The third kappa shape index (κ3) is 10.3. The lowest BCUT2D eigenvalue weighted by Crippen LogP contribution is -2.21. The van der Waals surface area contributed by atoms with Gasteiger partial charge in [0.05, 0.1) is 45.0 Å². The van der Waals surface area contributed by atoms with E-state index in [2.05, 4.69) is 30.0 Å². The van der Waals surface area contributed by atoms with E-state index in [1.54, 1.807) is 44.8 Å². The number of nitrogens with one attached hydrogen (secondary N) is 3. The van der Waals surface area contributed by atoms with Crippen LogP contribution >= 0.6 is 11.8 Å². The van der Waals surface area contributed by atoms with E-state index in [0.717, 1.165) is 5.76 Å². The van der Waals surface area contributed by atoms with Gasteiger partial charge < -0.3 is 34.3 Å². The first kappa shape index (κ1) is 31.6. The number of carbonyl (C=O) groups is 2. The molecule has 0 spiro atoms. The number of nitrogens with zero attached hydrogens (tertiary/aromatic N) is 2. The van der Waals surface area contributed by atoms with Gasteiger partial charge in [-0.05, 0) is 44.4 Å². The molecule has 0 saturated heterocycles. The highest BCUT2D eigenvalue weighted by Crippen LogP contribution is 2.05.